The second-order valence-corrected chi connectivity index (χ2v) is 3.30. The van der Waals surface area contributed by atoms with Gasteiger partial charge in [0.05, 0.1) is 0 Å². The van der Waals surface area contributed by atoms with Gasteiger partial charge >= 0.3 is 0 Å². The van der Waals surface area contributed by atoms with Crippen LogP contribution in [-0.4, -0.2) is 4.98 Å². The van der Waals surface area contributed by atoms with Crippen LogP contribution in [0.15, 0.2) is 12.3 Å². The van der Waals surface area contributed by atoms with Crippen LogP contribution in [0.4, 0.5) is 0 Å². The van der Waals surface area contributed by atoms with Crippen molar-refractivity contribution in [2.24, 2.45) is 0 Å². The van der Waals surface area contributed by atoms with Gasteiger partial charge in [-0.1, -0.05) is 13.8 Å². The van der Waals surface area contributed by atoms with Gasteiger partial charge in [-0.25, -0.2) is 0 Å². The fraction of sp³-hybridized carbons (Fsp3) is 0.444. The molecule has 1 nitrogen and oxygen atoms in total. The molecule has 0 fully saturated rings. The first kappa shape index (κ1) is 10.9. The van der Waals surface area contributed by atoms with Crippen molar-refractivity contribution in [2.45, 2.75) is 27.7 Å². The summed E-state index contributed by atoms with van der Waals surface area (Å²) >= 11 is 2.26. The van der Waals surface area contributed by atoms with Gasteiger partial charge in [0, 0.05) is 15.5 Å². The average Bonchev–Trinajstić information content (AvgIpc) is 2.02. The minimum atomic E-state index is 1.12. The van der Waals surface area contributed by atoms with Crippen molar-refractivity contribution in [1.29, 1.82) is 0 Å². The van der Waals surface area contributed by atoms with E-state index in [9.17, 15) is 0 Å². The van der Waals surface area contributed by atoms with Crippen molar-refractivity contribution in [3.05, 3.63) is 27.1 Å². The molecule has 0 spiro atoms. The smallest absolute Gasteiger partial charge is 0.0404 e. The van der Waals surface area contributed by atoms with Crippen LogP contribution in [0.1, 0.15) is 25.1 Å². The summed E-state index contributed by atoms with van der Waals surface area (Å²) in [6.45, 7) is 8.09. The molecule has 0 aliphatic rings. The first-order valence-electron chi connectivity index (χ1n) is 3.79. The van der Waals surface area contributed by atoms with Gasteiger partial charge in [-0.2, -0.15) is 0 Å². The van der Waals surface area contributed by atoms with Gasteiger partial charge < -0.3 is 0 Å². The highest BCUT2D eigenvalue weighted by molar-refractivity contribution is 14.1. The molecule has 0 aromatic carbocycles. The summed E-state index contributed by atoms with van der Waals surface area (Å²) in [6, 6.07) is 2.13. The van der Waals surface area contributed by atoms with Crippen molar-refractivity contribution in [1.82, 2.24) is 4.98 Å². The first-order chi connectivity index (χ1) is 5.20. The zero-order chi connectivity index (χ0) is 8.85. The van der Waals surface area contributed by atoms with Gasteiger partial charge in [-0.3, -0.25) is 4.98 Å². The Hall–Kier alpha value is -0.120. The molecule has 0 saturated carbocycles. The minimum Gasteiger partial charge on any atom is -0.260 e. The number of pyridine rings is 1. The van der Waals surface area contributed by atoms with E-state index in [0.717, 1.165) is 5.69 Å². The molecule has 62 valence electrons. The molecule has 1 heterocycles. The van der Waals surface area contributed by atoms with E-state index in [1.807, 2.05) is 27.0 Å². The van der Waals surface area contributed by atoms with Gasteiger partial charge in [0.2, 0.25) is 0 Å². The Kier molecular flexibility index (Phi) is 5.46. The third-order valence-electron chi connectivity index (χ3n) is 1.31. The SMILES string of the molecule is CC.Cc1cc(I)cnc1C. The predicted molar refractivity (Wildman–Crippen MR) is 57.8 cm³/mol. The molecule has 1 aromatic rings. The lowest BCUT2D eigenvalue weighted by molar-refractivity contribution is 1.14. The molecule has 1 aromatic heterocycles. The fourth-order valence-corrected chi connectivity index (χ4v) is 1.22. The van der Waals surface area contributed by atoms with E-state index in [2.05, 4.69) is 40.6 Å². The maximum Gasteiger partial charge on any atom is 0.0404 e. The average molecular weight is 263 g/mol. The van der Waals surface area contributed by atoms with E-state index in [1.165, 1.54) is 9.13 Å². The number of halogens is 1. The Morgan fingerprint density at radius 3 is 2.18 bits per heavy atom. The first-order valence-corrected chi connectivity index (χ1v) is 4.87. The molecule has 0 N–H and O–H groups in total. The number of hydrogen-bond donors (Lipinski definition) is 0. The van der Waals surface area contributed by atoms with Gasteiger partial charge in [0.25, 0.3) is 0 Å². The predicted octanol–water partition coefficient (Wildman–Crippen LogP) is 3.33. The number of rotatable bonds is 0. The quantitative estimate of drug-likeness (QED) is 0.654. The van der Waals surface area contributed by atoms with Crippen molar-refractivity contribution >= 4 is 22.6 Å². The number of nitrogens with zero attached hydrogens (tertiary/aromatic N) is 1. The third-order valence-corrected chi connectivity index (χ3v) is 1.90. The van der Waals surface area contributed by atoms with Crippen LogP contribution >= 0.6 is 22.6 Å². The number of aromatic nitrogens is 1. The Bertz CT molecular complexity index is 221. The molecule has 0 aliphatic carbocycles. The molecule has 0 aliphatic heterocycles. The summed E-state index contributed by atoms with van der Waals surface area (Å²) in [5, 5.41) is 0. The summed E-state index contributed by atoms with van der Waals surface area (Å²) in [7, 11) is 0. The Morgan fingerprint density at radius 2 is 1.82 bits per heavy atom. The molecule has 0 unspecified atom stereocenters. The van der Waals surface area contributed by atoms with Crippen molar-refractivity contribution in [3.8, 4) is 0 Å². The normalized spacial score (nSPS) is 8.45. The summed E-state index contributed by atoms with van der Waals surface area (Å²) in [5.41, 5.74) is 2.39. The van der Waals surface area contributed by atoms with Gasteiger partial charge in [-0.05, 0) is 48.1 Å². The zero-order valence-corrected chi connectivity index (χ0v) is 9.64. The Balaban J connectivity index is 0.000000461. The molecule has 11 heavy (non-hydrogen) atoms. The molecule has 0 amide bonds. The van der Waals surface area contributed by atoms with E-state index in [0.29, 0.717) is 0 Å². The maximum atomic E-state index is 4.17. The molecular formula is C9H14IN. The third kappa shape index (κ3) is 3.70. The van der Waals surface area contributed by atoms with Crippen LogP contribution in [-0.2, 0) is 0 Å². The number of aryl methyl sites for hydroxylation is 2. The van der Waals surface area contributed by atoms with Crippen LogP contribution in [0, 0.1) is 17.4 Å². The van der Waals surface area contributed by atoms with Crippen LogP contribution in [0.25, 0.3) is 0 Å². The van der Waals surface area contributed by atoms with E-state index in [4.69, 9.17) is 0 Å². The Morgan fingerprint density at radius 1 is 1.27 bits per heavy atom. The summed E-state index contributed by atoms with van der Waals surface area (Å²) in [5.74, 6) is 0. The maximum absolute atomic E-state index is 4.17. The van der Waals surface area contributed by atoms with Gasteiger partial charge in [0.15, 0.2) is 0 Å². The summed E-state index contributed by atoms with van der Waals surface area (Å²) in [4.78, 5) is 4.17. The fourth-order valence-electron chi connectivity index (χ4n) is 0.609. The highest BCUT2D eigenvalue weighted by atomic mass is 127. The van der Waals surface area contributed by atoms with Crippen LogP contribution in [0.5, 0.6) is 0 Å². The minimum absolute atomic E-state index is 1.12. The second-order valence-electron chi connectivity index (χ2n) is 2.06. The molecule has 2 heteroatoms. The molecule has 0 bridgehead atoms. The lowest BCUT2D eigenvalue weighted by Crippen LogP contribution is -1.85. The lowest BCUT2D eigenvalue weighted by atomic mass is 10.2. The van der Waals surface area contributed by atoms with E-state index >= 15 is 0 Å². The number of hydrogen-bond acceptors (Lipinski definition) is 1. The van der Waals surface area contributed by atoms with Crippen molar-refractivity contribution in [3.63, 3.8) is 0 Å². The molecule has 0 atom stereocenters. The monoisotopic (exact) mass is 263 g/mol. The highest BCUT2D eigenvalue weighted by Crippen LogP contribution is 2.07. The van der Waals surface area contributed by atoms with Crippen molar-refractivity contribution in [2.75, 3.05) is 0 Å². The van der Waals surface area contributed by atoms with Gasteiger partial charge in [-0.15, -0.1) is 0 Å². The topological polar surface area (TPSA) is 12.9 Å². The van der Waals surface area contributed by atoms with E-state index < -0.39 is 0 Å². The van der Waals surface area contributed by atoms with Gasteiger partial charge in [0.1, 0.15) is 0 Å². The van der Waals surface area contributed by atoms with E-state index in [-0.39, 0.29) is 0 Å². The molecular weight excluding hydrogens is 249 g/mol. The van der Waals surface area contributed by atoms with Crippen molar-refractivity contribution < 1.29 is 0 Å². The van der Waals surface area contributed by atoms with Crippen LogP contribution in [0.2, 0.25) is 0 Å². The zero-order valence-electron chi connectivity index (χ0n) is 7.48. The van der Waals surface area contributed by atoms with E-state index in [1.54, 1.807) is 0 Å². The molecule has 0 saturated heterocycles. The summed E-state index contributed by atoms with van der Waals surface area (Å²) in [6.07, 6.45) is 1.88. The largest absolute Gasteiger partial charge is 0.260 e. The molecule has 1 rings (SSSR count). The second kappa shape index (κ2) is 5.52. The molecule has 0 radical (unpaired) electrons. The Labute approximate surface area is 82.4 Å². The summed E-state index contributed by atoms with van der Waals surface area (Å²) < 4.78 is 1.20. The highest BCUT2D eigenvalue weighted by Gasteiger charge is 1.91. The van der Waals surface area contributed by atoms with Crippen LogP contribution < -0.4 is 0 Å². The lowest BCUT2D eigenvalue weighted by Gasteiger charge is -1.96. The van der Waals surface area contributed by atoms with Crippen LogP contribution in [0.3, 0.4) is 0 Å². The standard InChI is InChI=1S/C7H8IN.C2H6/c1-5-3-7(8)4-9-6(5)2;1-2/h3-4H,1-2H3;1-2H3.